The molecule has 4 nitrogen and oxygen atoms in total. The van der Waals surface area contributed by atoms with Crippen LogP contribution in [0.2, 0.25) is 13.3 Å². The van der Waals surface area contributed by atoms with Crippen molar-refractivity contribution in [3.8, 4) is 0 Å². The van der Waals surface area contributed by atoms with Gasteiger partial charge in [-0.15, -0.1) is 0 Å². The first-order valence-corrected chi connectivity index (χ1v) is 22.8. The Morgan fingerprint density at radius 2 is 1.34 bits per heavy atom. The van der Waals surface area contributed by atoms with E-state index in [0.29, 0.717) is 4.90 Å². The van der Waals surface area contributed by atoms with E-state index in [4.69, 9.17) is 4.74 Å². The summed E-state index contributed by atoms with van der Waals surface area (Å²) in [4.78, 5) is 0.388. The molecule has 1 saturated heterocycles. The Labute approximate surface area is 218 Å². The molecule has 2 aromatic carbocycles. The molecule has 6 heteroatoms. The van der Waals surface area contributed by atoms with Crippen molar-refractivity contribution in [2.24, 2.45) is 0 Å². The van der Waals surface area contributed by atoms with Crippen molar-refractivity contribution in [2.75, 3.05) is 0 Å². The number of nitrogens with zero attached hydrogens (tertiary/aromatic N) is 1. The van der Waals surface area contributed by atoms with E-state index in [0.717, 1.165) is 30.4 Å². The second-order valence-electron chi connectivity index (χ2n) is 10.4. The maximum atomic E-state index is 14.3. The summed E-state index contributed by atoms with van der Waals surface area (Å²) in [7, 11) is -3.69. The van der Waals surface area contributed by atoms with E-state index in [9.17, 15) is 8.42 Å². The third-order valence-corrected chi connectivity index (χ3v) is 25.9. The van der Waals surface area contributed by atoms with Crippen molar-refractivity contribution in [1.82, 2.24) is 4.31 Å². The van der Waals surface area contributed by atoms with Crippen molar-refractivity contribution in [1.29, 1.82) is 0 Å². The minimum atomic E-state index is -3.69. The molecule has 0 bridgehead atoms. The van der Waals surface area contributed by atoms with Crippen molar-refractivity contribution >= 4 is 28.4 Å². The molecule has 1 aliphatic rings. The standard InChI is InChI=1S/C17H18NO3S.3C4H9.Sn/c1-13-8-10-16(11-9-13)22(19,20)18-12-21-17(14(18)2)15-6-4-3-5-7-15;3*1-3-4-2;/h3-12,14,17H,1-2H3;3*1,3-4H2,2H3;/t14-,17-;;;;/m0..../s1. The number of rotatable bonds is 13. The van der Waals surface area contributed by atoms with Gasteiger partial charge in [-0.2, -0.15) is 0 Å². The van der Waals surface area contributed by atoms with Crippen LogP contribution in [0.4, 0.5) is 0 Å². The Kier molecular flexibility index (Phi) is 10.7. The first-order valence-electron chi connectivity index (χ1n) is 13.6. The van der Waals surface area contributed by atoms with E-state index in [1.165, 1.54) is 32.6 Å². The van der Waals surface area contributed by atoms with Gasteiger partial charge in [0.15, 0.2) is 0 Å². The topological polar surface area (TPSA) is 46.6 Å². The van der Waals surface area contributed by atoms with Gasteiger partial charge in [-0.1, -0.05) is 0 Å². The average molecular weight is 606 g/mol. The molecule has 0 unspecified atom stereocenters. The molecule has 0 saturated carbocycles. The predicted octanol–water partition coefficient (Wildman–Crippen LogP) is 7.86. The van der Waals surface area contributed by atoms with Crippen LogP contribution in [0.15, 0.2) is 59.5 Å². The number of ether oxygens (including phenoxy) is 1. The van der Waals surface area contributed by atoms with Gasteiger partial charge in [0.2, 0.25) is 0 Å². The van der Waals surface area contributed by atoms with E-state index >= 15 is 0 Å². The third kappa shape index (κ3) is 6.52. The van der Waals surface area contributed by atoms with Gasteiger partial charge in [0.25, 0.3) is 0 Å². The number of aryl methyl sites for hydroxylation is 1. The van der Waals surface area contributed by atoms with Crippen LogP contribution < -0.4 is 0 Å². The molecule has 194 valence electrons. The van der Waals surface area contributed by atoms with Gasteiger partial charge in [-0.25, -0.2) is 0 Å². The second-order valence-corrected chi connectivity index (χ2v) is 25.7. The van der Waals surface area contributed by atoms with Gasteiger partial charge >= 0.3 is 219 Å². The zero-order chi connectivity index (χ0) is 25.5. The first-order chi connectivity index (χ1) is 16.8. The van der Waals surface area contributed by atoms with Gasteiger partial charge in [0.1, 0.15) is 0 Å². The molecule has 1 aliphatic heterocycles. The second kappa shape index (κ2) is 13.1. The van der Waals surface area contributed by atoms with E-state index in [-0.39, 0.29) is 16.4 Å². The number of benzene rings is 2. The Balaban J connectivity index is 2.15. The summed E-state index contributed by atoms with van der Waals surface area (Å²) in [5, 5.41) is 0. The van der Waals surface area contributed by atoms with Crippen LogP contribution in [0.3, 0.4) is 0 Å². The van der Waals surface area contributed by atoms with E-state index in [1.807, 2.05) is 41.6 Å². The summed E-state index contributed by atoms with van der Waals surface area (Å²) >= 11 is -3.13. The van der Waals surface area contributed by atoms with Gasteiger partial charge in [-0.3, -0.25) is 0 Å². The Bertz CT molecular complexity index is 988. The quantitative estimate of drug-likeness (QED) is 0.218. The number of hydrogen-bond donors (Lipinski definition) is 0. The van der Waals surface area contributed by atoms with Crippen molar-refractivity contribution in [3.63, 3.8) is 0 Å². The summed E-state index contributed by atoms with van der Waals surface area (Å²) in [6, 6.07) is 17.3. The van der Waals surface area contributed by atoms with Crippen LogP contribution in [0, 0.1) is 6.92 Å². The Morgan fingerprint density at radius 3 is 1.83 bits per heavy atom. The minimum absolute atomic E-state index is 0.234. The molecular formula is C29H45NO3SSn. The fourth-order valence-electron chi connectivity index (χ4n) is 5.58. The molecule has 0 N–H and O–H groups in total. The molecule has 2 aromatic rings. The van der Waals surface area contributed by atoms with Gasteiger partial charge < -0.3 is 0 Å². The zero-order valence-electron chi connectivity index (χ0n) is 22.4. The molecule has 0 spiro atoms. The van der Waals surface area contributed by atoms with Crippen molar-refractivity contribution in [3.05, 3.63) is 65.7 Å². The number of sulfonamides is 1. The van der Waals surface area contributed by atoms with Crippen LogP contribution in [-0.2, 0) is 14.8 Å². The van der Waals surface area contributed by atoms with E-state index in [2.05, 4.69) is 39.8 Å². The monoisotopic (exact) mass is 607 g/mol. The van der Waals surface area contributed by atoms with Crippen molar-refractivity contribution < 1.29 is 13.2 Å². The summed E-state index contributed by atoms with van der Waals surface area (Å²) in [6.45, 7) is 10.8. The molecule has 1 fully saturated rings. The molecule has 0 radical (unpaired) electrons. The molecule has 1 heterocycles. The molecular weight excluding hydrogens is 561 g/mol. The SMILES string of the molecule is CCC[CH2][Sn]([CH2]CCC)([CH2]CCC)[C@@H]1O[C@H](c2ccccc2)[C@H](C)N1S(=O)(=O)c1ccc(C)cc1. The van der Waals surface area contributed by atoms with Gasteiger partial charge in [0, 0.05) is 0 Å². The van der Waals surface area contributed by atoms with Crippen LogP contribution in [0.5, 0.6) is 0 Å². The Hall–Kier alpha value is -0.891. The zero-order valence-corrected chi connectivity index (χ0v) is 26.0. The van der Waals surface area contributed by atoms with Gasteiger partial charge in [-0.05, 0) is 0 Å². The van der Waals surface area contributed by atoms with Gasteiger partial charge in [0.05, 0.1) is 0 Å². The molecule has 3 atom stereocenters. The fourth-order valence-corrected chi connectivity index (χ4v) is 26.6. The van der Waals surface area contributed by atoms with Crippen LogP contribution in [0.1, 0.15) is 83.5 Å². The normalized spacial score (nSPS) is 21.5. The Morgan fingerprint density at radius 1 is 0.829 bits per heavy atom. The van der Waals surface area contributed by atoms with Crippen LogP contribution in [-0.4, -0.2) is 41.4 Å². The summed E-state index contributed by atoms with van der Waals surface area (Å²) in [6.07, 6.45) is 6.72. The average Bonchev–Trinajstić information content (AvgIpc) is 3.23. The van der Waals surface area contributed by atoms with Crippen molar-refractivity contribution in [2.45, 2.75) is 108 Å². The number of hydrogen-bond acceptors (Lipinski definition) is 3. The fraction of sp³-hybridized carbons (Fsp3) is 0.586. The summed E-state index contributed by atoms with van der Waals surface area (Å²) in [5.74, 6) is 0. The molecule has 35 heavy (non-hydrogen) atoms. The molecule has 0 aromatic heterocycles. The van der Waals surface area contributed by atoms with E-state index < -0.39 is 28.4 Å². The maximum absolute atomic E-state index is 14.3. The summed E-state index contributed by atoms with van der Waals surface area (Å²) < 4.78 is 40.8. The first kappa shape index (κ1) is 28.7. The molecule has 3 rings (SSSR count). The van der Waals surface area contributed by atoms with Crippen LogP contribution >= 0.6 is 0 Å². The summed E-state index contributed by atoms with van der Waals surface area (Å²) in [5.41, 5.74) is 2.14. The van der Waals surface area contributed by atoms with E-state index in [1.54, 1.807) is 12.1 Å². The molecule has 0 amide bonds. The number of unbranched alkanes of at least 4 members (excludes halogenated alkanes) is 3. The molecule has 0 aliphatic carbocycles. The third-order valence-electron chi connectivity index (χ3n) is 7.68. The predicted molar refractivity (Wildman–Crippen MR) is 149 cm³/mol. The van der Waals surface area contributed by atoms with Crippen LogP contribution in [0.25, 0.3) is 0 Å².